The van der Waals surface area contributed by atoms with Gasteiger partial charge in [-0.1, -0.05) is 17.7 Å². The van der Waals surface area contributed by atoms with E-state index in [4.69, 9.17) is 16.9 Å². The number of hydrogen-bond acceptors (Lipinski definition) is 3. The van der Waals surface area contributed by atoms with Crippen molar-refractivity contribution in [1.82, 2.24) is 9.61 Å². The molecule has 2 heterocycles. The quantitative estimate of drug-likeness (QED) is 0.800. The van der Waals surface area contributed by atoms with Gasteiger partial charge in [-0.05, 0) is 30.3 Å². The van der Waals surface area contributed by atoms with Gasteiger partial charge < -0.3 is 5.32 Å². The minimum atomic E-state index is 0.575. The Labute approximate surface area is 121 Å². The Kier molecular flexibility index (Phi) is 3.28. The van der Waals surface area contributed by atoms with Gasteiger partial charge in [-0.15, -0.1) is 0 Å². The molecule has 0 aliphatic rings. The van der Waals surface area contributed by atoms with Crippen LogP contribution >= 0.6 is 11.6 Å². The topological polar surface area (TPSA) is 53.1 Å². The standard InChI is InChI=1S/C15H11ClN4/c16-13-5-4-11(8-17)14(7-13)18-9-12-10-19-20-6-2-1-3-15(12)20/h1-7,10,18H,9H2. The minimum absolute atomic E-state index is 0.575. The number of nitriles is 1. The third-order valence-electron chi connectivity index (χ3n) is 3.08. The van der Waals surface area contributed by atoms with Gasteiger partial charge in [0.2, 0.25) is 0 Å². The maximum Gasteiger partial charge on any atom is 0.101 e. The number of rotatable bonds is 3. The van der Waals surface area contributed by atoms with Gasteiger partial charge >= 0.3 is 0 Å². The van der Waals surface area contributed by atoms with Crippen molar-refractivity contribution in [1.29, 1.82) is 5.26 Å². The van der Waals surface area contributed by atoms with E-state index in [1.807, 2.05) is 35.1 Å². The minimum Gasteiger partial charge on any atom is -0.380 e. The van der Waals surface area contributed by atoms with Crippen molar-refractivity contribution in [3.05, 3.63) is 64.9 Å². The number of nitrogens with zero attached hydrogens (tertiary/aromatic N) is 3. The Morgan fingerprint density at radius 3 is 3.05 bits per heavy atom. The molecule has 5 heteroatoms. The maximum absolute atomic E-state index is 9.09. The Morgan fingerprint density at radius 2 is 2.20 bits per heavy atom. The average Bonchev–Trinajstić information content (AvgIpc) is 2.88. The van der Waals surface area contributed by atoms with E-state index in [9.17, 15) is 0 Å². The van der Waals surface area contributed by atoms with Crippen LogP contribution in [0.15, 0.2) is 48.8 Å². The highest BCUT2D eigenvalue weighted by Crippen LogP contribution is 2.21. The lowest BCUT2D eigenvalue weighted by Crippen LogP contribution is -2.01. The first kappa shape index (κ1) is 12.5. The van der Waals surface area contributed by atoms with Crippen LogP contribution in [0.4, 0.5) is 5.69 Å². The number of halogens is 1. The lowest BCUT2D eigenvalue weighted by Gasteiger charge is -2.07. The van der Waals surface area contributed by atoms with E-state index < -0.39 is 0 Å². The molecule has 20 heavy (non-hydrogen) atoms. The van der Waals surface area contributed by atoms with E-state index in [0.29, 0.717) is 17.1 Å². The number of pyridine rings is 1. The van der Waals surface area contributed by atoms with Crippen LogP contribution in [0.25, 0.3) is 5.52 Å². The van der Waals surface area contributed by atoms with E-state index in [1.165, 1.54) is 0 Å². The lowest BCUT2D eigenvalue weighted by molar-refractivity contribution is 0.961. The number of fused-ring (bicyclic) bond motifs is 1. The van der Waals surface area contributed by atoms with Crippen molar-refractivity contribution in [2.24, 2.45) is 0 Å². The second-order valence-electron chi connectivity index (χ2n) is 4.36. The molecule has 0 atom stereocenters. The third kappa shape index (κ3) is 2.31. The Bertz CT molecular complexity index is 801. The highest BCUT2D eigenvalue weighted by molar-refractivity contribution is 6.30. The summed E-state index contributed by atoms with van der Waals surface area (Å²) in [6.07, 6.45) is 3.72. The van der Waals surface area contributed by atoms with Gasteiger partial charge in [0.1, 0.15) is 6.07 Å². The predicted molar refractivity (Wildman–Crippen MR) is 78.7 cm³/mol. The molecule has 2 aromatic heterocycles. The molecule has 4 nitrogen and oxygen atoms in total. The summed E-state index contributed by atoms with van der Waals surface area (Å²) in [4.78, 5) is 0. The van der Waals surface area contributed by atoms with Gasteiger partial charge in [0.05, 0.1) is 23.0 Å². The summed E-state index contributed by atoms with van der Waals surface area (Å²) in [7, 11) is 0. The summed E-state index contributed by atoms with van der Waals surface area (Å²) in [5, 5.41) is 17.2. The van der Waals surface area contributed by atoms with Crippen LogP contribution in [0.1, 0.15) is 11.1 Å². The number of benzene rings is 1. The molecule has 0 saturated carbocycles. The van der Waals surface area contributed by atoms with Crippen molar-refractivity contribution >= 4 is 22.8 Å². The summed E-state index contributed by atoms with van der Waals surface area (Å²) >= 11 is 5.96. The molecule has 1 aromatic carbocycles. The molecule has 0 fully saturated rings. The molecule has 0 amide bonds. The highest BCUT2D eigenvalue weighted by atomic mass is 35.5. The van der Waals surface area contributed by atoms with Gasteiger partial charge in [-0.25, -0.2) is 4.52 Å². The second-order valence-corrected chi connectivity index (χ2v) is 4.79. The van der Waals surface area contributed by atoms with Crippen molar-refractivity contribution in [2.45, 2.75) is 6.54 Å². The van der Waals surface area contributed by atoms with E-state index in [-0.39, 0.29) is 0 Å². The number of anilines is 1. The van der Waals surface area contributed by atoms with E-state index in [0.717, 1.165) is 16.8 Å². The Hall–Kier alpha value is -2.51. The monoisotopic (exact) mass is 282 g/mol. The molecule has 3 rings (SSSR count). The normalized spacial score (nSPS) is 10.4. The fourth-order valence-corrected chi connectivity index (χ4v) is 2.25. The summed E-state index contributed by atoms with van der Waals surface area (Å²) in [5.74, 6) is 0. The molecule has 0 bridgehead atoms. The molecule has 1 N–H and O–H groups in total. The summed E-state index contributed by atoms with van der Waals surface area (Å²) in [5.41, 5.74) is 3.41. The zero-order valence-electron chi connectivity index (χ0n) is 10.5. The van der Waals surface area contributed by atoms with E-state index in [2.05, 4.69) is 16.5 Å². The molecule has 0 aliphatic heterocycles. The Balaban J connectivity index is 1.87. The highest BCUT2D eigenvalue weighted by Gasteiger charge is 2.06. The number of hydrogen-bond donors (Lipinski definition) is 1. The van der Waals surface area contributed by atoms with Crippen LogP contribution in [0, 0.1) is 11.3 Å². The molecular weight excluding hydrogens is 272 g/mol. The lowest BCUT2D eigenvalue weighted by atomic mass is 10.2. The third-order valence-corrected chi connectivity index (χ3v) is 3.31. The molecule has 0 radical (unpaired) electrons. The van der Waals surface area contributed by atoms with E-state index in [1.54, 1.807) is 18.2 Å². The molecule has 98 valence electrons. The first-order chi connectivity index (χ1) is 9.78. The van der Waals surface area contributed by atoms with Crippen LogP contribution in [0.3, 0.4) is 0 Å². The van der Waals surface area contributed by atoms with Crippen molar-refractivity contribution in [3.8, 4) is 6.07 Å². The molecule has 0 spiro atoms. The van der Waals surface area contributed by atoms with Crippen molar-refractivity contribution < 1.29 is 0 Å². The molecule has 0 saturated heterocycles. The fourth-order valence-electron chi connectivity index (χ4n) is 2.07. The molecular formula is C15H11ClN4. The smallest absolute Gasteiger partial charge is 0.101 e. The van der Waals surface area contributed by atoms with Gasteiger partial charge in [-0.2, -0.15) is 10.4 Å². The van der Waals surface area contributed by atoms with Crippen LogP contribution in [-0.2, 0) is 6.54 Å². The first-order valence-electron chi connectivity index (χ1n) is 6.13. The van der Waals surface area contributed by atoms with Crippen molar-refractivity contribution in [2.75, 3.05) is 5.32 Å². The summed E-state index contributed by atoms with van der Waals surface area (Å²) < 4.78 is 1.82. The first-order valence-corrected chi connectivity index (χ1v) is 6.50. The Morgan fingerprint density at radius 1 is 1.30 bits per heavy atom. The number of nitrogens with one attached hydrogen (secondary N) is 1. The molecule has 0 unspecified atom stereocenters. The van der Waals surface area contributed by atoms with Crippen LogP contribution in [0.2, 0.25) is 5.02 Å². The molecule has 0 aliphatic carbocycles. The van der Waals surface area contributed by atoms with Gasteiger partial charge in [0.15, 0.2) is 0 Å². The average molecular weight is 283 g/mol. The van der Waals surface area contributed by atoms with Gasteiger partial charge in [0, 0.05) is 23.3 Å². The predicted octanol–water partition coefficient (Wildman–Crippen LogP) is 3.47. The van der Waals surface area contributed by atoms with E-state index >= 15 is 0 Å². The zero-order chi connectivity index (χ0) is 13.9. The SMILES string of the molecule is N#Cc1ccc(Cl)cc1NCc1cnn2ccccc12. The maximum atomic E-state index is 9.09. The van der Waals surface area contributed by atoms with Crippen LogP contribution in [0.5, 0.6) is 0 Å². The largest absolute Gasteiger partial charge is 0.380 e. The fraction of sp³-hybridized carbons (Fsp3) is 0.0667. The van der Waals surface area contributed by atoms with Crippen LogP contribution < -0.4 is 5.32 Å². The van der Waals surface area contributed by atoms with Crippen molar-refractivity contribution in [3.63, 3.8) is 0 Å². The zero-order valence-corrected chi connectivity index (χ0v) is 11.3. The number of aromatic nitrogens is 2. The molecule has 3 aromatic rings. The van der Waals surface area contributed by atoms with Gasteiger partial charge in [-0.3, -0.25) is 0 Å². The van der Waals surface area contributed by atoms with Gasteiger partial charge in [0.25, 0.3) is 0 Å². The summed E-state index contributed by atoms with van der Waals surface area (Å²) in [6.45, 7) is 0.586. The second kappa shape index (κ2) is 5.24. The summed E-state index contributed by atoms with van der Waals surface area (Å²) in [6, 6.07) is 13.2. The van der Waals surface area contributed by atoms with Crippen LogP contribution in [-0.4, -0.2) is 9.61 Å².